The Balaban J connectivity index is 2.20. The minimum absolute atomic E-state index is 0.269. The molecule has 0 radical (unpaired) electrons. The highest BCUT2D eigenvalue weighted by atomic mass is 79.9. The monoisotopic (exact) mass is 295 g/mol. The molecule has 0 aromatic heterocycles. The Kier molecular flexibility index (Phi) is 2.71. The molecule has 3 rings (SSSR count). The summed E-state index contributed by atoms with van der Waals surface area (Å²) in [4.78, 5) is 0. The largest absolute Gasteiger partial charge is 0.506 e. The van der Waals surface area contributed by atoms with Gasteiger partial charge in [-0.1, -0.05) is 0 Å². The number of hydrogen-bond acceptors (Lipinski definition) is 2. The van der Waals surface area contributed by atoms with Gasteiger partial charge in [-0.25, -0.2) is 0 Å². The van der Waals surface area contributed by atoms with E-state index in [4.69, 9.17) is 5.73 Å². The molecule has 0 heterocycles. The van der Waals surface area contributed by atoms with Crippen LogP contribution < -0.4 is 5.73 Å². The third-order valence-corrected chi connectivity index (χ3v) is 4.92. The van der Waals surface area contributed by atoms with Gasteiger partial charge in [0.1, 0.15) is 5.75 Å². The van der Waals surface area contributed by atoms with Gasteiger partial charge in [0.25, 0.3) is 0 Å². The van der Waals surface area contributed by atoms with Crippen molar-refractivity contribution < 1.29 is 5.11 Å². The van der Waals surface area contributed by atoms with Crippen molar-refractivity contribution in [1.82, 2.24) is 0 Å². The Morgan fingerprint density at radius 3 is 2.53 bits per heavy atom. The molecule has 1 fully saturated rings. The van der Waals surface area contributed by atoms with Crippen LogP contribution in [-0.2, 0) is 18.4 Å². The van der Waals surface area contributed by atoms with Gasteiger partial charge in [0, 0.05) is 11.1 Å². The molecule has 92 valence electrons. The number of phenols is 1. The van der Waals surface area contributed by atoms with Gasteiger partial charge in [0.05, 0.1) is 4.47 Å². The molecule has 0 saturated heterocycles. The average molecular weight is 296 g/mol. The lowest BCUT2D eigenvalue weighted by Gasteiger charge is -2.41. The first-order valence-corrected chi connectivity index (χ1v) is 7.24. The first-order chi connectivity index (χ1) is 8.12. The zero-order valence-electron chi connectivity index (χ0n) is 9.93. The predicted molar refractivity (Wildman–Crippen MR) is 72.2 cm³/mol. The van der Waals surface area contributed by atoms with Crippen LogP contribution in [0.1, 0.15) is 48.8 Å². The topological polar surface area (TPSA) is 46.2 Å². The number of halogens is 1. The van der Waals surface area contributed by atoms with E-state index in [-0.39, 0.29) is 5.54 Å². The molecule has 17 heavy (non-hydrogen) atoms. The molecule has 0 aliphatic heterocycles. The van der Waals surface area contributed by atoms with Gasteiger partial charge < -0.3 is 10.8 Å². The Labute approximate surface area is 110 Å². The van der Waals surface area contributed by atoms with Gasteiger partial charge in [0.15, 0.2) is 0 Å². The van der Waals surface area contributed by atoms with E-state index in [1.165, 1.54) is 30.4 Å². The Morgan fingerprint density at radius 2 is 1.88 bits per heavy atom. The molecule has 0 spiro atoms. The van der Waals surface area contributed by atoms with Crippen molar-refractivity contribution in [3.63, 3.8) is 0 Å². The van der Waals surface area contributed by atoms with Crippen molar-refractivity contribution in [2.75, 3.05) is 0 Å². The molecule has 2 aliphatic rings. The summed E-state index contributed by atoms with van der Waals surface area (Å²) in [7, 11) is 0. The Bertz CT molecular complexity index is 466. The maximum atomic E-state index is 10.3. The third kappa shape index (κ3) is 1.71. The summed E-state index contributed by atoms with van der Waals surface area (Å²) in [5.74, 6) is 0.382. The van der Waals surface area contributed by atoms with Crippen LogP contribution in [0.15, 0.2) is 10.5 Å². The molecule has 1 saturated carbocycles. The van der Waals surface area contributed by atoms with Crippen LogP contribution in [0.5, 0.6) is 5.75 Å². The fourth-order valence-electron chi connectivity index (χ4n) is 3.20. The smallest absolute Gasteiger partial charge is 0.135 e. The van der Waals surface area contributed by atoms with Crippen molar-refractivity contribution in [3.05, 3.63) is 27.2 Å². The second kappa shape index (κ2) is 3.99. The highest BCUT2D eigenvalue weighted by molar-refractivity contribution is 9.10. The van der Waals surface area contributed by atoms with Crippen LogP contribution in [0.25, 0.3) is 0 Å². The molecule has 3 heteroatoms. The van der Waals surface area contributed by atoms with Gasteiger partial charge >= 0.3 is 0 Å². The second-order valence-electron chi connectivity index (χ2n) is 5.44. The van der Waals surface area contributed by atoms with Gasteiger partial charge in [-0.05, 0) is 78.1 Å². The summed E-state index contributed by atoms with van der Waals surface area (Å²) < 4.78 is 0.810. The summed E-state index contributed by atoms with van der Waals surface area (Å²) in [6, 6.07) is 2.08. The molecule has 0 unspecified atom stereocenters. The van der Waals surface area contributed by atoms with Crippen LogP contribution in [0, 0.1) is 0 Å². The number of nitrogens with two attached hydrogens (primary N) is 1. The first kappa shape index (κ1) is 11.5. The molecule has 0 bridgehead atoms. The maximum absolute atomic E-state index is 10.3. The average Bonchev–Trinajstić information content (AvgIpc) is 2.28. The summed E-state index contributed by atoms with van der Waals surface area (Å²) >= 11 is 3.47. The molecular formula is C14H18BrNO. The van der Waals surface area contributed by atoms with E-state index in [2.05, 4.69) is 22.0 Å². The van der Waals surface area contributed by atoms with Crippen molar-refractivity contribution in [2.24, 2.45) is 5.73 Å². The number of fused-ring (bicyclic) bond motifs is 1. The highest BCUT2D eigenvalue weighted by Gasteiger charge is 2.39. The minimum atomic E-state index is -0.269. The molecule has 2 aliphatic carbocycles. The summed E-state index contributed by atoms with van der Waals surface area (Å²) in [5, 5.41) is 10.3. The molecule has 2 nitrogen and oxygen atoms in total. The lowest BCUT2D eigenvalue weighted by Crippen LogP contribution is -2.44. The first-order valence-electron chi connectivity index (χ1n) is 6.44. The zero-order valence-corrected chi connectivity index (χ0v) is 11.5. The van der Waals surface area contributed by atoms with E-state index in [1.807, 2.05) is 0 Å². The number of benzene rings is 1. The van der Waals surface area contributed by atoms with E-state index in [1.54, 1.807) is 0 Å². The van der Waals surface area contributed by atoms with Crippen LogP contribution in [-0.4, -0.2) is 5.11 Å². The fourth-order valence-corrected chi connectivity index (χ4v) is 3.68. The van der Waals surface area contributed by atoms with Crippen LogP contribution in [0.3, 0.4) is 0 Å². The van der Waals surface area contributed by atoms with Gasteiger partial charge in [-0.2, -0.15) is 0 Å². The number of aryl methyl sites for hydroxylation is 1. The van der Waals surface area contributed by atoms with Gasteiger partial charge in [-0.3, -0.25) is 0 Å². The molecule has 3 N–H and O–H groups in total. The highest BCUT2D eigenvalue weighted by Crippen LogP contribution is 2.48. The predicted octanol–water partition coefficient (Wildman–Crippen LogP) is 3.37. The number of aromatic hydroxyl groups is 1. The summed E-state index contributed by atoms with van der Waals surface area (Å²) in [5.41, 5.74) is 9.92. The number of phenolic OH excluding ortho intramolecular Hbond substituents is 1. The van der Waals surface area contributed by atoms with Crippen molar-refractivity contribution in [2.45, 2.75) is 50.5 Å². The maximum Gasteiger partial charge on any atom is 0.135 e. The molecule has 1 aromatic rings. The van der Waals surface area contributed by atoms with Crippen molar-refractivity contribution in [3.8, 4) is 5.75 Å². The summed E-state index contributed by atoms with van der Waals surface area (Å²) in [6.07, 6.45) is 7.85. The van der Waals surface area contributed by atoms with E-state index < -0.39 is 0 Å². The molecule has 0 amide bonds. The summed E-state index contributed by atoms with van der Waals surface area (Å²) in [6.45, 7) is 0. The lowest BCUT2D eigenvalue weighted by molar-refractivity contribution is 0.242. The van der Waals surface area contributed by atoms with Gasteiger partial charge in [0.2, 0.25) is 0 Å². The van der Waals surface area contributed by atoms with E-state index >= 15 is 0 Å². The fraction of sp³-hybridized carbons (Fsp3) is 0.571. The lowest BCUT2D eigenvalue weighted by atomic mass is 9.69. The quantitative estimate of drug-likeness (QED) is 0.834. The molecule has 1 aromatic carbocycles. The Hall–Kier alpha value is -0.540. The molecule has 0 atom stereocenters. The number of hydrogen-bond donors (Lipinski definition) is 2. The van der Waals surface area contributed by atoms with E-state index in [0.29, 0.717) is 5.75 Å². The zero-order chi connectivity index (χ0) is 12.0. The van der Waals surface area contributed by atoms with E-state index in [0.717, 1.165) is 35.7 Å². The van der Waals surface area contributed by atoms with Crippen LogP contribution >= 0.6 is 15.9 Å². The van der Waals surface area contributed by atoms with Crippen molar-refractivity contribution >= 4 is 15.9 Å². The Morgan fingerprint density at radius 1 is 1.18 bits per heavy atom. The SMILES string of the molecule is NC1(c2c(O)c(Br)cc3c2CCCC3)CCC1. The third-order valence-electron chi connectivity index (χ3n) is 4.32. The molecular weight excluding hydrogens is 278 g/mol. The standard InChI is InChI=1S/C14H18BrNO/c15-11-8-9-4-1-2-5-10(9)12(13(11)17)14(16)6-3-7-14/h8,17H,1-7,16H2. The second-order valence-corrected chi connectivity index (χ2v) is 6.29. The van der Waals surface area contributed by atoms with E-state index in [9.17, 15) is 5.11 Å². The van der Waals surface area contributed by atoms with Crippen LogP contribution in [0.2, 0.25) is 0 Å². The van der Waals surface area contributed by atoms with Gasteiger partial charge in [-0.15, -0.1) is 0 Å². The minimum Gasteiger partial charge on any atom is -0.506 e. The van der Waals surface area contributed by atoms with Crippen molar-refractivity contribution in [1.29, 1.82) is 0 Å². The number of rotatable bonds is 1. The normalized spacial score (nSPS) is 21.8. The van der Waals surface area contributed by atoms with Crippen LogP contribution in [0.4, 0.5) is 0 Å².